The van der Waals surface area contributed by atoms with Crippen LogP contribution in [0.2, 0.25) is 0 Å². The number of hydrogen-bond acceptors (Lipinski definition) is 2. The van der Waals surface area contributed by atoms with E-state index in [0.29, 0.717) is 6.10 Å². The quantitative estimate of drug-likeness (QED) is 0.873. The number of imidazole rings is 1. The van der Waals surface area contributed by atoms with Gasteiger partial charge in [-0.2, -0.15) is 0 Å². The van der Waals surface area contributed by atoms with Gasteiger partial charge in [0.15, 0.2) is 0 Å². The lowest BCUT2D eigenvalue weighted by Gasteiger charge is -2.06. The molecular formula is C14H22N2O. The number of aromatic amines is 1. The first-order chi connectivity index (χ1) is 8.25. The Morgan fingerprint density at radius 3 is 2.88 bits per heavy atom. The maximum Gasteiger partial charge on any atom is 0.0925 e. The Kier molecular flexibility index (Phi) is 2.95. The van der Waals surface area contributed by atoms with Crippen LogP contribution in [0.25, 0.3) is 0 Å². The van der Waals surface area contributed by atoms with Crippen LogP contribution in [0.4, 0.5) is 0 Å². The monoisotopic (exact) mass is 234 g/mol. The van der Waals surface area contributed by atoms with Crippen molar-refractivity contribution in [3.63, 3.8) is 0 Å². The lowest BCUT2D eigenvalue weighted by Crippen LogP contribution is -2.06. The number of nitrogens with zero attached hydrogens (tertiary/aromatic N) is 1. The molecule has 0 bridgehead atoms. The van der Waals surface area contributed by atoms with Gasteiger partial charge in [-0.25, -0.2) is 4.98 Å². The molecule has 3 nitrogen and oxygen atoms in total. The van der Waals surface area contributed by atoms with E-state index >= 15 is 0 Å². The summed E-state index contributed by atoms with van der Waals surface area (Å²) >= 11 is 0. The van der Waals surface area contributed by atoms with Gasteiger partial charge in [0.1, 0.15) is 0 Å². The molecule has 2 aliphatic carbocycles. The third-order valence-electron chi connectivity index (χ3n) is 4.38. The number of hydrogen-bond donors (Lipinski definition) is 1. The van der Waals surface area contributed by atoms with Crippen molar-refractivity contribution < 1.29 is 4.74 Å². The molecule has 2 aliphatic rings. The fourth-order valence-electron chi connectivity index (χ4n) is 3.33. The van der Waals surface area contributed by atoms with E-state index in [2.05, 4.69) is 23.8 Å². The van der Waals surface area contributed by atoms with Gasteiger partial charge in [0.05, 0.1) is 24.7 Å². The highest BCUT2D eigenvalue weighted by Crippen LogP contribution is 2.52. The summed E-state index contributed by atoms with van der Waals surface area (Å²) in [5, 5.41) is 0. The van der Waals surface area contributed by atoms with Crippen molar-refractivity contribution in [2.45, 2.75) is 45.6 Å². The SMILES string of the molecule is CC(C)OCC1C2CCc3nc[nH]c3CCC21. The fraction of sp³-hybridized carbons (Fsp3) is 0.786. The summed E-state index contributed by atoms with van der Waals surface area (Å²) in [6, 6.07) is 0. The van der Waals surface area contributed by atoms with Crippen LogP contribution in [0, 0.1) is 17.8 Å². The van der Waals surface area contributed by atoms with Crippen molar-refractivity contribution in [1.29, 1.82) is 0 Å². The van der Waals surface area contributed by atoms with Crippen LogP contribution in [0.1, 0.15) is 38.1 Å². The molecule has 0 saturated heterocycles. The van der Waals surface area contributed by atoms with Crippen molar-refractivity contribution in [3.05, 3.63) is 17.7 Å². The third kappa shape index (κ3) is 2.25. The molecule has 1 aromatic rings. The zero-order valence-electron chi connectivity index (χ0n) is 10.8. The van der Waals surface area contributed by atoms with Gasteiger partial charge in [0.25, 0.3) is 0 Å². The van der Waals surface area contributed by atoms with Crippen LogP contribution in [0.3, 0.4) is 0 Å². The van der Waals surface area contributed by atoms with E-state index in [-0.39, 0.29) is 0 Å². The van der Waals surface area contributed by atoms with Crippen LogP contribution >= 0.6 is 0 Å². The van der Waals surface area contributed by atoms with Gasteiger partial charge < -0.3 is 9.72 Å². The first kappa shape index (κ1) is 11.3. The van der Waals surface area contributed by atoms with E-state index in [0.717, 1.165) is 30.8 Å². The standard InChI is InChI=1S/C14H22N2O/c1-9(2)17-7-12-10-3-5-13-14(16-8-15-13)6-4-11(10)12/h8-12H,3-7H2,1-2H3,(H,15,16). The van der Waals surface area contributed by atoms with Crippen molar-refractivity contribution in [2.75, 3.05) is 6.61 Å². The van der Waals surface area contributed by atoms with E-state index in [4.69, 9.17) is 4.74 Å². The number of nitrogens with one attached hydrogen (secondary N) is 1. The Balaban J connectivity index is 1.58. The molecule has 1 heterocycles. The molecule has 0 amide bonds. The van der Waals surface area contributed by atoms with Gasteiger partial charge >= 0.3 is 0 Å². The molecule has 0 aliphatic heterocycles. The highest BCUT2D eigenvalue weighted by atomic mass is 16.5. The minimum atomic E-state index is 0.372. The molecule has 3 rings (SSSR count). The Bertz CT molecular complexity index is 357. The van der Waals surface area contributed by atoms with E-state index in [9.17, 15) is 0 Å². The summed E-state index contributed by atoms with van der Waals surface area (Å²) < 4.78 is 5.77. The molecule has 94 valence electrons. The normalized spacial score (nSPS) is 31.6. The second-order valence-electron chi connectivity index (χ2n) is 5.78. The number of H-pyrrole nitrogens is 1. The van der Waals surface area contributed by atoms with E-state index in [1.54, 1.807) is 0 Å². The largest absolute Gasteiger partial charge is 0.378 e. The average molecular weight is 234 g/mol. The maximum atomic E-state index is 5.77. The number of aryl methyl sites for hydroxylation is 2. The summed E-state index contributed by atoms with van der Waals surface area (Å²) in [5.41, 5.74) is 2.68. The predicted octanol–water partition coefficient (Wildman–Crippen LogP) is 2.58. The average Bonchev–Trinajstić information content (AvgIpc) is 2.72. The minimum absolute atomic E-state index is 0.372. The number of rotatable bonds is 3. The van der Waals surface area contributed by atoms with Gasteiger partial charge in [-0.15, -0.1) is 0 Å². The van der Waals surface area contributed by atoms with Crippen LogP contribution in [0.5, 0.6) is 0 Å². The molecule has 0 radical (unpaired) electrons. The molecular weight excluding hydrogens is 212 g/mol. The van der Waals surface area contributed by atoms with Crippen molar-refractivity contribution in [1.82, 2.24) is 9.97 Å². The van der Waals surface area contributed by atoms with Crippen LogP contribution in [-0.4, -0.2) is 22.7 Å². The Hall–Kier alpha value is -0.830. The summed E-state index contributed by atoms with van der Waals surface area (Å²) in [6.45, 7) is 5.22. The molecule has 0 spiro atoms. The number of aromatic nitrogens is 2. The van der Waals surface area contributed by atoms with Gasteiger partial charge in [-0.1, -0.05) is 0 Å². The molecule has 17 heavy (non-hydrogen) atoms. The highest BCUT2D eigenvalue weighted by molar-refractivity contribution is 5.15. The molecule has 0 aromatic carbocycles. The zero-order chi connectivity index (χ0) is 11.8. The first-order valence-electron chi connectivity index (χ1n) is 6.88. The van der Waals surface area contributed by atoms with Gasteiger partial charge in [-0.05, 0) is 57.3 Å². The molecule has 1 N–H and O–H groups in total. The summed E-state index contributed by atoms with van der Waals surface area (Å²) in [7, 11) is 0. The smallest absolute Gasteiger partial charge is 0.0925 e. The second kappa shape index (κ2) is 4.45. The fourth-order valence-corrected chi connectivity index (χ4v) is 3.33. The molecule has 3 atom stereocenters. The summed E-state index contributed by atoms with van der Waals surface area (Å²) in [6.07, 6.45) is 7.16. The van der Waals surface area contributed by atoms with Crippen LogP contribution in [-0.2, 0) is 17.6 Å². The Labute approximate surface area is 103 Å². The molecule has 1 fully saturated rings. The Morgan fingerprint density at radius 2 is 2.12 bits per heavy atom. The molecule has 1 saturated carbocycles. The number of fused-ring (bicyclic) bond motifs is 2. The Morgan fingerprint density at radius 1 is 1.35 bits per heavy atom. The summed E-state index contributed by atoms with van der Waals surface area (Å²) in [5.74, 6) is 2.63. The van der Waals surface area contributed by atoms with Crippen molar-refractivity contribution in [2.24, 2.45) is 17.8 Å². The number of ether oxygens (including phenoxy) is 1. The lowest BCUT2D eigenvalue weighted by molar-refractivity contribution is 0.0656. The zero-order valence-corrected chi connectivity index (χ0v) is 10.8. The van der Waals surface area contributed by atoms with Gasteiger partial charge in [0.2, 0.25) is 0 Å². The molecule has 3 unspecified atom stereocenters. The van der Waals surface area contributed by atoms with E-state index < -0.39 is 0 Å². The topological polar surface area (TPSA) is 37.9 Å². The molecule has 1 aromatic heterocycles. The van der Waals surface area contributed by atoms with E-state index in [1.165, 1.54) is 30.7 Å². The first-order valence-corrected chi connectivity index (χ1v) is 6.88. The highest BCUT2D eigenvalue weighted by Gasteiger charge is 2.49. The van der Waals surface area contributed by atoms with Crippen LogP contribution < -0.4 is 0 Å². The predicted molar refractivity (Wildman–Crippen MR) is 66.8 cm³/mol. The third-order valence-corrected chi connectivity index (χ3v) is 4.38. The van der Waals surface area contributed by atoms with Crippen LogP contribution in [0.15, 0.2) is 6.33 Å². The van der Waals surface area contributed by atoms with Gasteiger partial charge in [-0.3, -0.25) is 0 Å². The minimum Gasteiger partial charge on any atom is -0.378 e. The second-order valence-corrected chi connectivity index (χ2v) is 5.78. The lowest BCUT2D eigenvalue weighted by atomic mass is 10.0. The summed E-state index contributed by atoms with van der Waals surface area (Å²) in [4.78, 5) is 7.71. The van der Waals surface area contributed by atoms with Crippen molar-refractivity contribution in [3.8, 4) is 0 Å². The van der Waals surface area contributed by atoms with Crippen molar-refractivity contribution >= 4 is 0 Å². The molecule has 3 heteroatoms. The van der Waals surface area contributed by atoms with Gasteiger partial charge in [0, 0.05) is 5.69 Å². The maximum absolute atomic E-state index is 5.77. The van der Waals surface area contributed by atoms with E-state index in [1.807, 2.05) is 6.33 Å².